The highest BCUT2D eigenvalue weighted by molar-refractivity contribution is 9.09. The first-order valence-electron chi connectivity index (χ1n) is 6.51. The molecule has 0 spiro atoms. The van der Waals surface area contributed by atoms with Crippen LogP contribution in [0, 0.1) is 5.41 Å². The number of hydrogen-bond donors (Lipinski definition) is 0. The number of alkyl halides is 2. The molecule has 0 radical (unpaired) electrons. The van der Waals surface area contributed by atoms with E-state index in [4.69, 9.17) is 9.31 Å². The van der Waals surface area contributed by atoms with Crippen LogP contribution in [0.25, 0.3) is 0 Å². The van der Waals surface area contributed by atoms with E-state index in [-0.39, 0.29) is 11.1 Å². The van der Waals surface area contributed by atoms with Gasteiger partial charge in [-0.1, -0.05) is 31.9 Å². The summed E-state index contributed by atoms with van der Waals surface area (Å²) in [5.74, 6) is 0. The molecule has 0 aromatic rings. The SMILES string of the molecule is CC1(C)OB(C(F)=C2CC(CBr)(CBr)C2)OC1(C)C. The number of allylic oxidation sites excluding steroid dienone is 1. The van der Waals surface area contributed by atoms with E-state index in [9.17, 15) is 4.39 Å². The van der Waals surface area contributed by atoms with Gasteiger partial charge in [0, 0.05) is 10.7 Å². The molecule has 1 aliphatic heterocycles. The second-order valence-electron chi connectivity index (χ2n) is 6.66. The lowest BCUT2D eigenvalue weighted by Crippen LogP contribution is -2.41. The third-order valence-electron chi connectivity index (χ3n) is 4.54. The molecule has 2 nitrogen and oxygen atoms in total. The lowest BCUT2D eigenvalue weighted by Gasteiger charge is -2.42. The van der Waals surface area contributed by atoms with Crippen LogP contribution in [0.2, 0.25) is 0 Å². The molecule has 2 rings (SSSR count). The van der Waals surface area contributed by atoms with E-state index in [0.29, 0.717) is 0 Å². The second-order valence-corrected chi connectivity index (χ2v) is 7.78. The third kappa shape index (κ3) is 2.70. The van der Waals surface area contributed by atoms with Crippen molar-refractivity contribution in [1.82, 2.24) is 0 Å². The highest BCUT2D eigenvalue weighted by Crippen LogP contribution is 2.50. The van der Waals surface area contributed by atoms with Crippen LogP contribution in [0.5, 0.6) is 0 Å². The Morgan fingerprint density at radius 2 is 1.53 bits per heavy atom. The molecule has 0 aromatic carbocycles. The molecule has 2 fully saturated rings. The summed E-state index contributed by atoms with van der Waals surface area (Å²) in [5, 5.41) is 1.76. The molecule has 1 aliphatic carbocycles. The van der Waals surface area contributed by atoms with E-state index >= 15 is 0 Å². The quantitative estimate of drug-likeness (QED) is 0.518. The van der Waals surface area contributed by atoms with Crippen LogP contribution >= 0.6 is 31.9 Å². The third-order valence-corrected chi connectivity index (χ3v) is 6.92. The van der Waals surface area contributed by atoms with Gasteiger partial charge in [0.25, 0.3) is 0 Å². The minimum absolute atomic E-state index is 0.149. The van der Waals surface area contributed by atoms with E-state index in [0.717, 1.165) is 29.1 Å². The van der Waals surface area contributed by atoms with Gasteiger partial charge in [0.05, 0.1) is 11.2 Å². The Balaban J connectivity index is 2.10. The molecule has 0 unspecified atom stereocenters. The monoisotopic (exact) mass is 396 g/mol. The van der Waals surface area contributed by atoms with Crippen LogP contribution in [0.3, 0.4) is 0 Å². The summed E-state index contributed by atoms with van der Waals surface area (Å²) >= 11 is 7.00. The standard InChI is InChI=1S/C13H20BBr2FO2/c1-11(2)12(3,4)19-14(18-11)10(17)9-5-13(6-9,7-15)8-16/h5-8H2,1-4H3. The summed E-state index contributed by atoms with van der Waals surface area (Å²) in [4.78, 5) is 0. The molecule has 6 heteroatoms. The fourth-order valence-corrected chi connectivity index (χ4v) is 4.08. The van der Waals surface area contributed by atoms with E-state index in [2.05, 4.69) is 31.9 Å². The molecular formula is C13H20BBr2FO2. The van der Waals surface area contributed by atoms with Crippen molar-refractivity contribution < 1.29 is 13.7 Å². The molecule has 1 heterocycles. The minimum Gasteiger partial charge on any atom is -0.398 e. The first-order chi connectivity index (χ1) is 8.66. The highest BCUT2D eigenvalue weighted by Gasteiger charge is 2.54. The fourth-order valence-electron chi connectivity index (χ4n) is 2.36. The summed E-state index contributed by atoms with van der Waals surface area (Å²) in [7, 11) is -0.844. The van der Waals surface area contributed by atoms with Gasteiger partial charge < -0.3 is 9.31 Å². The molecule has 0 amide bonds. The van der Waals surface area contributed by atoms with Gasteiger partial charge in [0.1, 0.15) is 5.73 Å². The highest BCUT2D eigenvalue weighted by atomic mass is 79.9. The van der Waals surface area contributed by atoms with Crippen LogP contribution in [0.4, 0.5) is 4.39 Å². The zero-order valence-corrected chi connectivity index (χ0v) is 15.0. The average molecular weight is 398 g/mol. The van der Waals surface area contributed by atoms with Gasteiger partial charge in [-0.3, -0.25) is 0 Å². The normalized spacial score (nSPS) is 27.3. The Labute approximate surface area is 131 Å². The van der Waals surface area contributed by atoms with Gasteiger partial charge in [0.2, 0.25) is 0 Å². The van der Waals surface area contributed by atoms with Crippen LogP contribution in [-0.4, -0.2) is 29.0 Å². The molecule has 0 bridgehead atoms. The second kappa shape index (κ2) is 5.11. The molecule has 1 saturated heterocycles. The van der Waals surface area contributed by atoms with Gasteiger partial charge >= 0.3 is 7.12 Å². The van der Waals surface area contributed by atoms with Crippen molar-refractivity contribution in [3.8, 4) is 0 Å². The smallest absolute Gasteiger partial charge is 0.398 e. The predicted molar refractivity (Wildman–Crippen MR) is 83.5 cm³/mol. The molecular weight excluding hydrogens is 378 g/mol. The zero-order chi connectivity index (χ0) is 14.5. The summed E-state index contributed by atoms with van der Waals surface area (Å²) in [6.45, 7) is 7.75. The van der Waals surface area contributed by atoms with E-state index in [1.807, 2.05) is 27.7 Å². The van der Waals surface area contributed by atoms with Gasteiger partial charge in [-0.25, -0.2) is 4.39 Å². The van der Waals surface area contributed by atoms with Crippen LogP contribution in [-0.2, 0) is 9.31 Å². The molecule has 0 aromatic heterocycles. The van der Waals surface area contributed by atoms with Crippen LogP contribution < -0.4 is 0 Å². The lowest BCUT2D eigenvalue weighted by atomic mass is 9.64. The Morgan fingerprint density at radius 3 is 1.89 bits per heavy atom. The fraction of sp³-hybridized carbons (Fsp3) is 0.846. The van der Waals surface area contributed by atoms with Crippen molar-refractivity contribution in [3.63, 3.8) is 0 Å². The summed E-state index contributed by atoms with van der Waals surface area (Å²) in [5.41, 5.74) is -0.215. The minimum atomic E-state index is -0.844. The lowest BCUT2D eigenvalue weighted by molar-refractivity contribution is 0.00578. The van der Waals surface area contributed by atoms with E-state index < -0.39 is 18.3 Å². The van der Waals surface area contributed by atoms with Gasteiger partial charge in [-0.15, -0.1) is 0 Å². The van der Waals surface area contributed by atoms with Crippen molar-refractivity contribution in [2.75, 3.05) is 10.7 Å². The van der Waals surface area contributed by atoms with Crippen LogP contribution in [0.15, 0.2) is 11.3 Å². The first kappa shape index (κ1) is 16.0. The maximum atomic E-state index is 14.5. The molecule has 19 heavy (non-hydrogen) atoms. The number of halogens is 3. The maximum absolute atomic E-state index is 14.5. The van der Waals surface area contributed by atoms with Crippen molar-refractivity contribution >= 4 is 39.0 Å². The molecule has 1 saturated carbocycles. The maximum Gasteiger partial charge on any atom is 0.525 e. The van der Waals surface area contributed by atoms with Gasteiger partial charge in [0.15, 0.2) is 0 Å². The van der Waals surface area contributed by atoms with E-state index in [1.165, 1.54) is 0 Å². The largest absolute Gasteiger partial charge is 0.525 e. The average Bonchev–Trinajstić information content (AvgIpc) is 2.48. The van der Waals surface area contributed by atoms with Gasteiger partial charge in [-0.2, -0.15) is 0 Å². The number of rotatable bonds is 3. The summed E-state index contributed by atoms with van der Waals surface area (Å²) in [6, 6.07) is 0. The van der Waals surface area contributed by atoms with Crippen molar-refractivity contribution in [3.05, 3.63) is 11.3 Å². The summed E-state index contributed by atoms with van der Waals surface area (Å²) < 4.78 is 25.9. The van der Waals surface area contributed by atoms with Crippen molar-refractivity contribution in [2.45, 2.75) is 51.7 Å². The van der Waals surface area contributed by atoms with Crippen LogP contribution in [0.1, 0.15) is 40.5 Å². The Hall–Kier alpha value is 0.615. The zero-order valence-electron chi connectivity index (χ0n) is 11.9. The molecule has 2 aliphatic rings. The molecule has 0 atom stereocenters. The van der Waals surface area contributed by atoms with Gasteiger partial charge in [-0.05, 0) is 51.5 Å². The Morgan fingerprint density at radius 1 is 1.11 bits per heavy atom. The predicted octanol–water partition coefficient (Wildman–Crippen LogP) is 4.41. The molecule has 108 valence electrons. The Bertz CT molecular complexity index is 379. The Kier molecular flexibility index (Phi) is 4.30. The van der Waals surface area contributed by atoms with Crippen molar-refractivity contribution in [2.24, 2.45) is 5.41 Å². The van der Waals surface area contributed by atoms with Crippen molar-refractivity contribution in [1.29, 1.82) is 0 Å². The topological polar surface area (TPSA) is 18.5 Å². The summed E-state index contributed by atoms with van der Waals surface area (Å²) in [6.07, 6.45) is 1.53. The first-order valence-corrected chi connectivity index (χ1v) is 8.76. The van der Waals surface area contributed by atoms with E-state index in [1.54, 1.807) is 0 Å². The number of hydrogen-bond acceptors (Lipinski definition) is 2. The molecule has 0 N–H and O–H groups in total.